The summed E-state index contributed by atoms with van der Waals surface area (Å²) in [6, 6.07) is 3.62. The fraction of sp³-hybridized carbons (Fsp3) is 0.538. The van der Waals surface area contributed by atoms with E-state index in [4.69, 9.17) is 5.73 Å². The van der Waals surface area contributed by atoms with Crippen molar-refractivity contribution in [2.24, 2.45) is 0 Å². The van der Waals surface area contributed by atoms with Gasteiger partial charge in [0.15, 0.2) is 0 Å². The van der Waals surface area contributed by atoms with Gasteiger partial charge in [0.25, 0.3) is 0 Å². The van der Waals surface area contributed by atoms with Gasteiger partial charge in [0.1, 0.15) is 0 Å². The van der Waals surface area contributed by atoms with Gasteiger partial charge in [-0.3, -0.25) is 4.72 Å². The fourth-order valence-electron chi connectivity index (χ4n) is 2.27. The molecule has 1 heterocycles. The van der Waals surface area contributed by atoms with E-state index in [0.717, 1.165) is 30.4 Å². The van der Waals surface area contributed by atoms with Crippen LogP contribution in [0.25, 0.3) is 0 Å². The topological polar surface area (TPSA) is 75.4 Å². The van der Waals surface area contributed by atoms with E-state index in [1.54, 1.807) is 6.07 Å². The molecule has 5 nitrogen and oxygen atoms in total. The van der Waals surface area contributed by atoms with Crippen LogP contribution in [0.4, 0.5) is 11.4 Å². The van der Waals surface area contributed by atoms with Gasteiger partial charge >= 0.3 is 10.2 Å². The highest BCUT2D eigenvalue weighted by Crippen LogP contribution is 2.28. The minimum absolute atomic E-state index is 0.462. The Morgan fingerprint density at radius 2 is 1.79 bits per heavy atom. The second-order valence-corrected chi connectivity index (χ2v) is 6.71. The summed E-state index contributed by atoms with van der Waals surface area (Å²) < 4.78 is 28.8. The number of aryl methyl sites for hydroxylation is 1. The van der Waals surface area contributed by atoms with Crippen molar-refractivity contribution in [1.29, 1.82) is 0 Å². The molecule has 0 spiro atoms. The molecule has 0 saturated carbocycles. The molecule has 0 unspecified atom stereocenters. The number of nitrogens with one attached hydrogen (secondary N) is 1. The molecule has 0 radical (unpaired) electrons. The van der Waals surface area contributed by atoms with Gasteiger partial charge < -0.3 is 5.73 Å². The van der Waals surface area contributed by atoms with Crippen molar-refractivity contribution in [3.63, 3.8) is 0 Å². The van der Waals surface area contributed by atoms with Crippen LogP contribution in [0.1, 0.15) is 30.4 Å². The first-order valence-electron chi connectivity index (χ1n) is 6.55. The number of hydrogen-bond acceptors (Lipinski definition) is 3. The molecular weight excluding hydrogens is 262 g/mol. The quantitative estimate of drug-likeness (QED) is 0.833. The summed E-state index contributed by atoms with van der Waals surface area (Å²) in [5, 5.41) is 0. The van der Waals surface area contributed by atoms with E-state index in [-0.39, 0.29) is 0 Å². The van der Waals surface area contributed by atoms with Gasteiger partial charge in [-0.1, -0.05) is 12.5 Å². The second-order valence-electron chi connectivity index (χ2n) is 5.04. The molecule has 0 aromatic heterocycles. The Morgan fingerprint density at radius 3 is 2.42 bits per heavy atom. The van der Waals surface area contributed by atoms with E-state index in [9.17, 15) is 8.42 Å². The standard InChI is InChI=1S/C13H21N3O2S/c1-10-6-7-12(14)13(11(10)2)15-19(17,18)16-8-4-3-5-9-16/h6-7,15H,3-5,8-9,14H2,1-2H3. The molecule has 1 aromatic carbocycles. The average molecular weight is 283 g/mol. The van der Waals surface area contributed by atoms with Crippen molar-refractivity contribution < 1.29 is 8.42 Å². The lowest BCUT2D eigenvalue weighted by Crippen LogP contribution is -2.39. The molecule has 1 saturated heterocycles. The number of rotatable bonds is 3. The van der Waals surface area contributed by atoms with Crippen LogP contribution in [0.15, 0.2) is 12.1 Å². The Kier molecular flexibility index (Phi) is 4.01. The maximum atomic E-state index is 12.3. The summed E-state index contributed by atoms with van der Waals surface area (Å²) in [5.41, 5.74) is 8.74. The van der Waals surface area contributed by atoms with Crippen LogP contribution in [0.5, 0.6) is 0 Å². The Hall–Kier alpha value is -1.27. The predicted molar refractivity (Wildman–Crippen MR) is 78.3 cm³/mol. The van der Waals surface area contributed by atoms with Crippen LogP contribution >= 0.6 is 0 Å². The Morgan fingerprint density at radius 1 is 1.16 bits per heavy atom. The van der Waals surface area contributed by atoms with Crippen LogP contribution < -0.4 is 10.5 Å². The average Bonchev–Trinajstić information content (AvgIpc) is 2.40. The first-order chi connectivity index (χ1) is 8.92. The maximum absolute atomic E-state index is 12.3. The lowest BCUT2D eigenvalue weighted by molar-refractivity contribution is 0.349. The lowest BCUT2D eigenvalue weighted by atomic mass is 10.1. The predicted octanol–water partition coefficient (Wildman–Crippen LogP) is 2.03. The molecule has 1 aliphatic rings. The number of nitrogens with two attached hydrogens (primary N) is 1. The van der Waals surface area contributed by atoms with Crippen LogP contribution in [0.2, 0.25) is 0 Å². The Labute approximate surface area is 115 Å². The normalized spacial score (nSPS) is 17.4. The Bertz CT molecular complexity index is 563. The lowest BCUT2D eigenvalue weighted by Gasteiger charge is -2.27. The van der Waals surface area contributed by atoms with Crippen molar-refractivity contribution in [1.82, 2.24) is 4.31 Å². The van der Waals surface area contributed by atoms with Gasteiger partial charge in [-0.25, -0.2) is 0 Å². The van der Waals surface area contributed by atoms with E-state index >= 15 is 0 Å². The van der Waals surface area contributed by atoms with Gasteiger partial charge in [-0.2, -0.15) is 12.7 Å². The summed E-state index contributed by atoms with van der Waals surface area (Å²) in [6.45, 7) is 4.98. The van der Waals surface area contributed by atoms with Crippen molar-refractivity contribution in [2.45, 2.75) is 33.1 Å². The molecular formula is C13H21N3O2S. The summed E-state index contributed by atoms with van der Waals surface area (Å²) in [7, 11) is -3.49. The van der Waals surface area contributed by atoms with Crippen LogP contribution in [0, 0.1) is 13.8 Å². The molecule has 0 amide bonds. The zero-order valence-electron chi connectivity index (χ0n) is 11.4. The zero-order valence-corrected chi connectivity index (χ0v) is 12.3. The number of nitrogen functional groups attached to an aromatic ring is 1. The number of nitrogens with zero attached hydrogens (tertiary/aromatic N) is 1. The maximum Gasteiger partial charge on any atom is 0.301 e. The molecule has 3 N–H and O–H groups in total. The van der Waals surface area contributed by atoms with E-state index in [2.05, 4.69) is 4.72 Å². The highest BCUT2D eigenvalue weighted by atomic mass is 32.2. The second kappa shape index (κ2) is 5.38. The van der Waals surface area contributed by atoms with Crippen molar-refractivity contribution in [3.8, 4) is 0 Å². The van der Waals surface area contributed by atoms with E-state index in [1.807, 2.05) is 19.9 Å². The van der Waals surface area contributed by atoms with E-state index < -0.39 is 10.2 Å². The highest BCUT2D eigenvalue weighted by molar-refractivity contribution is 7.90. The molecule has 0 bridgehead atoms. The molecule has 6 heteroatoms. The van der Waals surface area contributed by atoms with Crippen LogP contribution in [0.3, 0.4) is 0 Å². The molecule has 1 fully saturated rings. The molecule has 1 aromatic rings. The zero-order chi connectivity index (χ0) is 14.0. The minimum Gasteiger partial charge on any atom is -0.397 e. The monoisotopic (exact) mass is 283 g/mol. The van der Waals surface area contributed by atoms with Gasteiger partial charge in [-0.15, -0.1) is 0 Å². The van der Waals surface area contributed by atoms with E-state index in [1.165, 1.54) is 4.31 Å². The van der Waals surface area contributed by atoms with Crippen LogP contribution in [-0.2, 0) is 10.2 Å². The smallest absolute Gasteiger partial charge is 0.301 e. The first-order valence-corrected chi connectivity index (χ1v) is 7.99. The number of benzene rings is 1. The van der Waals surface area contributed by atoms with Gasteiger partial charge in [0.2, 0.25) is 0 Å². The summed E-state index contributed by atoms with van der Waals surface area (Å²) in [4.78, 5) is 0. The Balaban J connectivity index is 2.27. The summed E-state index contributed by atoms with van der Waals surface area (Å²) >= 11 is 0. The molecule has 1 aliphatic heterocycles. The van der Waals surface area contributed by atoms with Crippen molar-refractivity contribution in [2.75, 3.05) is 23.5 Å². The molecule has 0 atom stereocenters. The van der Waals surface area contributed by atoms with Crippen molar-refractivity contribution in [3.05, 3.63) is 23.3 Å². The summed E-state index contributed by atoms with van der Waals surface area (Å²) in [5.74, 6) is 0. The fourth-order valence-corrected chi connectivity index (χ4v) is 3.67. The molecule has 0 aliphatic carbocycles. The molecule has 2 rings (SSSR count). The van der Waals surface area contributed by atoms with E-state index in [0.29, 0.717) is 24.5 Å². The highest BCUT2D eigenvalue weighted by Gasteiger charge is 2.25. The number of anilines is 2. The first kappa shape index (κ1) is 14.1. The minimum atomic E-state index is -3.49. The van der Waals surface area contributed by atoms with Crippen LogP contribution in [-0.4, -0.2) is 25.8 Å². The molecule has 106 valence electrons. The largest absolute Gasteiger partial charge is 0.397 e. The molecule has 19 heavy (non-hydrogen) atoms. The van der Waals surface area contributed by atoms with Gasteiger partial charge in [0, 0.05) is 13.1 Å². The van der Waals surface area contributed by atoms with Gasteiger partial charge in [-0.05, 0) is 43.9 Å². The number of piperidine rings is 1. The SMILES string of the molecule is Cc1ccc(N)c(NS(=O)(=O)N2CCCCC2)c1C. The van der Waals surface area contributed by atoms with Crippen molar-refractivity contribution >= 4 is 21.6 Å². The summed E-state index contributed by atoms with van der Waals surface area (Å²) in [6.07, 6.45) is 2.93. The third-order valence-corrected chi connectivity index (χ3v) is 5.16. The number of hydrogen-bond donors (Lipinski definition) is 2. The van der Waals surface area contributed by atoms with Gasteiger partial charge in [0.05, 0.1) is 11.4 Å². The third-order valence-electron chi connectivity index (χ3n) is 3.65. The third kappa shape index (κ3) is 3.01.